The highest BCUT2D eigenvalue weighted by atomic mass is 32.2. The predicted octanol–water partition coefficient (Wildman–Crippen LogP) is 0.868. The van der Waals surface area contributed by atoms with Gasteiger partial charge in [0.05, 0.1) is 12.6 Å². The lowest BCUT2D eigenvalue weighted by Gasteiger charge is -2.15. The number of hydrogen-bond donors (Lipinski definition) is 1. The molecule has 1 aromatic carbocycles. The van der Waals surface area contributed by atoms with Crippen LogP contribution in [0.15, 0.2) is 30.3 Å². The van der Waals surface area contributed by atoms with E-state index in [2.05, 4.69) is 0 Å². The van der Waals surface area contributed by atoms with E-state index >= 15 is 0 Å². The third kappa shape index (κ3) is 6.05. The number of benzene rings is 1. The summed E-state index contributed by atoms with van der Waals surface area (Å²) in [5.74, 6) is -0.188. The minimum Gasteiger partial charge on any atom is -0.616 e. The van der Waals surface area contributed by atoms with Gasteiger partial charge >= 0.3 is 5.97 Å². The van der Waals surface area contributed by atoms with E-state index in [0.717, 1.165) is 5.56 Å². The maximum Gasteiger partial charge on any atom is 0.356 e. The molecule has 0 aromatic heterocycles. The fraction of sp³-hybridized carbons (Fsp3) is 0.462. The average molecular weight is 269 g/mol. The van der Waals surface area contributed by atoms with Crippen molar-refractivity contribution in [3.8, 4) is 0 Å². The molecule has 1 aromatic rings. The van der Waals surface area contributed by atoms with E-state index in [1.165, 1.54) is 0 Å². The molecule has 0 saturated carbocycles. The van der Waals surface area contributed by atoms with Crippen molar-refractivity contribution < 1.29 is 14.1 Å². The molecule has 2 N–H and O–H groups in total. The van der Waals surface area contributed by atoms with Gasteiger partial charge in [-0.1, -0.05) is 30.3 Å². The highest BCUT2D eigenvalue weighted by molar-refractivity contribution is 7.92. The highest BCUT2D eigenvalue weighted by Crippen LogP contribution is 2.04. The normalized spacial score (nSPS) is 13.9. The van der Waals surface area contributed by atoms with E-state index in [9.17, 15) is 9.35 Å². The van der Waals surface area contributed by atoms with E-state index < -0.39 is 17.1 Å². The Morgan fingerprint density at radius 2 is 2.11 bits per heavy atom. The van der Waals surface area contributed by atoms with Gasteiger partial charge < -0.3 is 15.0 Å². The number of nitrogens with two attached hydrogens (primary N) is 1. The molecule has 100 valence electrons. The van der Waals surface area contributed by atoms with Gasteiger partial charge in [-0.25, -0.2) is 4.79 Å². The summed E-state index contributed by atoms with van der Waals surface area (Å²) in [7, 11) is 0. The zero-order valence-corrected chi connectivity index (χ0v) is 11.3. The molecule has 0 heterocycles. The van der Waals surface area contributed by atoms with Gasteiger partial charge in [0.25, 0.3) is 0 Å². The largest absolute Gasteiger partial charge is 0.616 e. The van der Waals surface area contributed by atoms with Crippen molar-refractivity contribution in [3.05, 3.63) is 35.9 Å². The number of rotatable bonds is 7. The van der Waals surface area contributed by atoms with Gasteiger partial charge in [0.2, 0.25) is 5.75 Å². The Balaban J connectivity index is 2.31. The van der Waals surface area contributed by atoms with E-state index in [0.29, 0.717) is 18.8 Å². The quantitative estimate of drug-likeness (QED) is 0.588. The van der Waals surface area contributed by atoms with Gasteiger partial charge in [0, 0.05) is 0 Å². The summed E-state index contributed by atoms with van der Waals surface area (Å²) in [6.45, 7) is 2.04. The lowest BCUT2D eigenvalue weighted by molar-refractivity contribution is -0.139. The molecule has 2 atom stereocenters. The fourth-order valence-electron chi connectivity index (χ4n) is 1.61. The Kier molecular flexibility index (Phi) is 6.78. The minimum atomic E-state index is -1.25. The van der Waals surface area contributed by atoms with Crippen LogP contribution < -0.4 is 5.73 Å². The topological polar surface area (TPSA) is 75.4 Å². The van der Waals surface area contributed by atoms with Gasteiger partial charge in [-0.2, -0.15) is 0 Å². The van der Waals surface area contributed by atoms with E-state index in [1.54, 1.807) is 6.92 Å². The zero-order chi connectivity index (χ0) is 13.4. The third-order valence-corrected chi connectivity index (χ3v) is 3.68. The first-order valence-electron chi connectivity index (χ1n) is 5.92. The number of carbonyl (C=O) groups is 1. The molecule has 1 unspecified atom stereocenters. The van der Waals surface area contributed by atoms with Gasteiger partial charge in [-0.05, 0) is 30.1 Å². The van der Waals surface area contributed by atoms with Gasteiger partial charge in [0.15, 0.2) is 0 Å². The van der Waals surface area contributed by atoms with Crippen LogP contribution in [-0.2, 0) is 27.1 Å². The number of carbonyl (C=O) groups excluding carboxylic acids is 1. The zero-order valence-electron chi connectivity index (χ0n) is 10.5. The highest BCUT2D eigenvalue weighted by Gasteiger charge is 2.18. The van der Waals surface area contributed by atoms with Gasteiger partial charge in [0.1, 0.15) is 5.75 Å². The first kappa shape index (κ1) is 15.0. The molecule has 18 heavy (non-hydrogen) atoms. The van der Waals surface area contributed by atoms with Crippen molar-refractivity contribution in [3.63, 3.8) is 0 Å². The first-order chi connectivity index (χ1) is 8.61. The first-order valence-corrected chi connectivity index (χ1v) is 7.40. The van der Waals surface area contributed by atoms with Crippen molar-refractivity contribution in [2.24, 2.45) is 5.73 Å². The molecule has 0 aliphatic heterocycles. The van der Waals surface area contributed by atoms with Crippen LogP contribution in [0.4, 0.5) is 0 Å². The molecule has 5 heteroatoms. The molecule has 4 nitrogen and oxygen atoms in total. The Hall–Kier alpha value is -1.04. The van der Waals surface area contributed by atoms with Crippen LogP contribution in [0.5, 0.6) is 0 Å². The number of hydrogen-bond acceptors (Lipinski definition) is 4. The summed E-state index contributed by atoms with van der Waals surface area (Å²) >= 11 is -1.25. The van der Waals surface area contributed by atoms with Crippen LogP contribution in [0.2, 0.25) is 0 Å². The van der Waals surface area contributed by atoms with Crippen LogP contribution in [0, 0.1) is 0 Å². The lowest BCUT2D eigenvalue weighted by atomic mass is 10.1. The van der Waals surface area contributed by atoms with Crippen molar-refractivity contribution in [1.82, 2.24) is 0 Å². The number of ether oxygens (including phenoxy) is 1. The van der Waals surface area contributed by atoms with Gasteiger partial charge in [-0.3, -0.25) is 0 Å². The summed E-state index contributed by atoms with van der Waals surface area (Å²) in [6.07, 6.45) is 0.662. The molecule has 0 saturated heterocycles. The summed E-state index contributed by atoms with van der Waals surface area (Å²) < 4.78 is 16.4. The Morgan fingerprint density at radius 3 is 2.72 bits per heavy atom. The van der Waals surface area contributed by atoms with Crippen LogP contribution in [-0.4, -0.2) is 34.7 Å². The lowest BCUT2D eigenvalue weighted by Crippen LogP contribution is -2.34. The second-order valence-corrected chi connectivity index (χ2v) is 5.51. The van der Waals surface area contributed by atoms with E-state index in [1.807, 2.05) is 30.3 Å². The maximum atomic E-state index is 11.7. The Labute approximate surface area is 111 Å². The molecule has 0 aliphatic carbocycles. The molecule has 1 rings (SSSR count). The second-order valence-electron chi connectivity index (χ2n) is 4.01. The maximum absolute atomic E-state index is 11.7. The van der Waals surface area contributed by atoms with Crippen LogP contribution in [0.3, 0.4) is 0 Å². The van der Waals surface area contributed by atoms with Crippen LogP contribution >= 0.6 is 0 Å². The molecule has 0 bridgehead atoms. The van der Waals surface area contributed by atoms with Crippen molar-refractivity contribution in [2.75, 3.05) is 18.1 Å². The average Bonchev–Trinajstić information content (AvgIpc) is 2.29. The molecule has 0 aliphatic rings. The Bertz CT molecular complexity index is 359. The van der Waals surface area contributed by atoms with Crippen molar-refractivity contribution in [2.45, 2.75) is 19.4 Å². The molecule has 0 spiro atoms. The summed E-state index contributed by atoms with van der Waals surface area (Å²) in [5, 5.41) is 0. The van der Waals surface area contributed by atoms with E-state index in [4.69, 9.17) is 10.5 Å². The molecular formula is C13H19NO3S. The molecule has 0 amide bonds. The van der Waals surface area contributed by atoms with E-state index in [-0.39, 0.29) is 11.8 Å². The summed E-state index contributed by atoms with van der Waals surface area (Å²) in [4.78, 5) is 11.1. The summed E-state index contributed by atoms with van der Waals surface area (Å²) in [5.41, 5.74) is 7.02. The third-order valence-electron chi connectivity index (χ3n) is 2.32. The van der Waals surface area contributed by atoms with Crippen LogP contribution in [0.25, 0.3) is 0 Å². The standard InChI is InChI=1S/C13H19NO3S/c1-2-17-13(15)10-18(16)9-12(14)8-11-6-4-3-5-7-11/h3-7,12H,2,8-10,14H2,1H3/t12-,18?/m0/s1. The SMILES string of the molecule is CCOC(=O)C[S+]([O-])C[C@@H](N)Cc1ccccc1. The smallest absolute Gasteiger partial charge is 0.356 e. The predicted molar refractivity (Wildman–Crippen MR) is 72.6 cm³/mol. The number of esters is 1. The van der Waals surface area contributed by atoms with Gasteiger partial charge in [-0.15, -0.1) is 0 Å². The monoisotopic (exact) mass is 269 g/mol. The minimum absolute atomic E-state index is 0.0731. The molecular weight excluding hydrogens is 250 g/mol. The fourth-order valence-corrected chi connectivity index (χ4v) is 2.67. The summed E-state index contributed by atoms with van der Waals surface area (Å²) in [6, 6.07) is 9.58. The molecule has 0 radical (unpaired) electrons. The van der Waals surface area contributed by atoms with Crippen LogP contribution in [0.1, 0.15) is 12.5 Å². The Morgan fingerprint density at radius 1 is 1.44 bits per heavy atom. The molecule has 0 fully saturated rings. The van der Waals surface area contributed by atoms with Crippen molar-refractivity contribution in [1.29, 1.82) is 0 Å². The second kappa shape index (κ2) is 8.13. The van der Waals surface area contributed by atoms with Crippen molar-refractivity contribution >= 4 is 17.1 Å².